The van der Waals surface area contributed by atoms with Crippen LogP contribution in [-0.2, 0) is 14.3 Å². The molecule has 3 N–H and O–H groups in total. The third-order valence-electron chi connectivity index (χ3n) is 4.67. The van der Waals surface area contributed by atoms with Gasteiger partial charge in [-0.25, -0.2) is 9.59 Å². The van der Waals surface area contributed by atoms with Gasteiger partial charge in [0.05, 0.1) is 31.5 Å². The average Bonchev–Trinajstić information content (AvgIpc) is 2.77. The lowest BCUT2D eigenvalue weighted by atomic mass is 9.94. The number of carbonyl (C=O) groups excluding carboxylic acids is 3. The molecule has 3 rings (SSSR count). The molecule has 1 atom stereocenters. The van der Waals surface area contributed by atoms with E-state index >= 15 is 0 Å². The van der Waals surface area contributed by atoms with Crippen LogP contribution in [-0.4, -0.2) is 38.7 Å². The number of allylic oxidation sites excluding steroid dienone is 1. The third kappa shape index (κ3) is 4.95. The normalized spacial score (nSPS) is 15.5. The SMILES string of the molecule is COC(=O)COc1ccccc1[C@H]1NC(=O)NC(C)=C1C(=O)Nc1ccccc1OC. The van der Waals surface area contributed by atoms with Crippen LogP contribution in [0, 0.1) is 0 Å². The van der Waals surface area contributed by atoms with Gasteiger partial charge in [0.15, 0.2) is 6.61 Å². The van der Waals surface area contributed by atoms with E-state index in [0.717, 1.165) is 0 Å². The van der Waals surface area contributed by atoms with Gasteiger partial charge in [0.2, 0.25) is 0 Å². The summed E-state index contributed by atoms with van der Waals surface area (Å²) in [5, 5.41) is 8.21. The Labute approximate surface area is 179 Å². The molecule has 9 nitrogen and oxygen atoms in total. The standard InChI is InChI=1S/C22H23N3O6/c1-13-19(21(27)24-15-9-5-7-11-17(15)29-2)20(25-22(28)23-13)14-8-4-6-10-16(14)31-12-18(26)30-3/h4-11,20H,12H2,1-3H3,(H,24,27)(H2,23,25,28)/t20-/m1/s1. The summed E-state index contributed by atoms with van der Waals surface area (Å²) >= 11 is 0. The molecule has 2 aromatic rings. The van der Waals surface area contributed by atoms with Gasteiger partial charge in [-0.3, -0.25) is 4.79 Å². The number of para-hydroxylation sites is 3. The molecule has 0 fully saturated rings. The van der Waals surface area contributed by atoms with Crippen molar-refractivity contribution >= 4 is 23.6 Å². The number of methoxy groups -OCH3 is 2. The van der Waals surface area contributed by atoms with E-state index < -0.39 is 23.9 Å². The van der Waals surface area contributed by atoms with Crippen LogP contribution in [0.3, 0.4) is 0 Å². The smallest absolute Gasteiger partial charge is 0.343 e. The van der Waals surface area contributed by atoms with Crippen LogP contribution in [0.25, 0.3) is 0 Å². The maximum atomic E-state index is 13.2. The van der Waals surface area contributed by atoms with E-state index in [2.05, 4.69) is 20.7 Å². The molecule has 0 bridgehead atoms. The highest BCUT2D eigenvalue weighted by molar-refractivity contribution is 6.07. The lowest BCUT2D eigenvalue weighted by Crippen LogP contribution is -2.46. The highest BCUT2D eigenvalue weighted by Crippen LogP contribution is 2.34. The van der Waals surface area contributed by atoms with Gasteiger partial charge in [-0.05, 0) is 25.1 Å². The summed E-state index contributed by atoms with van der Waals surface area (Å²) in [5.41, 5.74) is 1.69. The number of nitrogens with one attached hydrogen (secondary N) is 3. The first-order valence-electron chi connectivity index (χ1n) is 9.45. The molecule has 3 amide bonds. The summed E-state index contributed by atoms with van der Waals surface area (Å²) < 4.78 is 15.5. The number of hydrogen-bond donors (Lipinski definition) is 3. The van der Waals surface area contributed by atoms with Crippen molar-refractivity contribution in [1.82, 2.24) is 10.6 Å². The van der Waals surface area contributed by atoms with Crippen LogP contribution in [0.15, 0.2) is 59.8 Å². The predicted molar refractivity (Wildman–Crippen MR) is 113 cm³/mol. The second-order valence-corrected chi connectivity index (χ2v) is 6.63. The van der Waals surface area contributed by atoms with Gasteiger partial charge in [0.25, 0.3) is 5.91 Å². The van der Waals surface area contributed by atoms with Crippen molar-refractivity contribution in [2.75, 3.05) is 26.1 Å². The summed E-state index contributed by atoms with van der Waals surface area (Å²) in [4.78, 5) is 36.9. The van der Waals surface area contributed by atoms with E-state index in [4.69, 9.17) is 9.47 Å². The summed E-state index contributed by atoms with van der Waals surface area (Å²) in [6, 6.07) is 12.6. The molecule has 0 aliphatic carbocycles. The molecule has 0 spiro atoms. The molecule has 2 aromatic carbocycles. The number of ether oxygens (including phenoxy) is 3. The second kappa shape index (κ2) is 9.66. The Balaban J connectivity index is 1.96. The van der Waals surface area contributed by atoms with Crippen LogP contribution in [0.1, 0.15) is 18.5 Å². The second-order valence-electron chi connectivity index (χ2n) is 6.63. The quantitative estimate of drug-likeness (QED) is 0.587. The fourth-order valence-electron chi connectivity index (χ4n) is 3.21. The Morgan fingerprint density at radius 2 is 1.71 bits per heavy atom. The van der Waals surface area contributed by atoms with Crippen LogP contribution in [0.5, 0.6) is 11.5 Å². The monoisotopic (exact) mass is 425 g/mol. The van der Waals surface area contributed by atoms with E-state index in [0.29, 0.717) is 34.0 Å². The zero-order valence-electron chi connectivity index (χ0n) is 17.4. The van der Waals surface area contributed by atoms with Crippen molar-refractivity contribution in [1.29, 1.82) is 0 Å². The van der Waals surface area contributed by atoms with Crippen LogP contribution in [0.4, 0.5) is 10.5 Å². The molecule has 0 aromatic heterocycles. The molecule has 162 valence electrons. The van der Waals surface area contributed by atoms with Gasteiger partial charge < -0.3 is 30.2 Å². The Hall–Kier alpha value is -4.01. The highest BCUT2D eigenvalue weighted by Gasteiger charge is 2.33. The van der Waals surface area contributed by atoms with Crippen LogP contribution < -0.4 is 25.4 Å². The number of anilines is 1. The Morgan fingerprint density at radius 3 is 2.42 bits per heavy atom. The number of esters is 1. The Morgan fingerprint density at radius 1 is 1.03 bits per heavy atom. The van der Waals surface area contributed by atoms with Crippen LogP contribution >= 0.6 is 0 Å². The third-order valence-corrected chi connectivity index (χ3v) is 4.67. The molecular formula is C22H23N3O6. The number of carbonyl (C=O) groups is 3. The van der Waals surface area contributed by atoms with Gasteiger partial charge in [0.1, 0.15) is 11.5 Å². The summed E-state index contributed by atoms with van der Waals surface area (Å²) in [5.74, 6) is -0.136. The summed E-state index contributed by atoms with van der Waals surface area (Å²) in [6.07, 6.45) is 0. The Kier molecular flexibility index (Phi) is 6.76. The predicted octanol–water partition coefficient (Wildman–Crippen LogP) is 2.51. The van der Waals surface area contributed by atoms with Crippen molar-refractivity contribution in [3.05, 3.63) is 65.4 Å². The molecular weight excluding hydrogens is 402 g/mol. The van der Waals surface area contributed by atoms with Gasteiger partial charge in [-0.1, -0.05) is 30.3 Å². The van der Waals surface area contributed by atoms with E-state index in [-0.39, 0.29) is 6.61 Å². The topological polar surface area (TPSA) is 115 Å². The van der Waals surface area contributed by atoms with E-state index in [1.807, 2.05) is 0 Å². The van der Waals surface area contributed by atoms with Crippen molar-refractivity contribution in [2.45, 2.75) is 13.0 Å². The molecule has 1 aliphatic rings. The lowest BCUT2D eigenvalue weighted by Gasteiger charge is -2.29. The van der Waals surface area contributed by atoms with E-state index in [9.17, 15) is 14.4 Å². The van der Waals surface area contributed by atoms with Gasteiger partial charge >= 0.3 is 12.0 Å². The first-order chi connectivity index (χ1) is 14.9. The van der Waals surface area contributed by atoms with Gasteiger partial charge in [-0.15, -0.1) is 0 Å². The van der Waals surface area contributed by atoms with Crippen molar-refractivity contribution in [2.24, 2.45) is 0 Å². The number of hydrogen-bond acceptors (Lipinski definition) is 6. The maximum absolute atomic E-state index is 13.2. The molecule has 9 heteroatoms. The largest absolute Gasteiger partial charge is 0.495 e. The first-order valence-corrected chi connectivity index (χ1v) is 9.45. The molecule has 1 aliphatic heterocycles. The minimum absolute atomic E-state index is 0.291. The number of amides is 3. The highest BCUT2D eigenvalue weighted by atomic mass is 16.6. The van der Waals surface area contributed by atoms with E-state index in [1.54, 1.807) is 55.5 Å². The lowest BCUT2D eigenvalue weighted by molar-refractivity contribution is -0.142. The molecule has 0 saturated heterocycles. The van der Waals surface area contributed by atoms with Crippen molar-refractivity contribution in [3.63, 3.8) is 0 Å². The molecule has 0 radical (unpaired) electrons. The molecule has 1 heterocycles. The van der Waals surface area contributed by atoms with E-state index in [1.165, 1.54) is 14.2 Å². The van der Waals surface area contributed by atoms with Crippen molar-refractivity contribution < 1.29 is 28.6 Å². The molecule has 0 saturated carbocycles. The average molecular weight is 425 g/mol. The van der Waals surface area contributed by atoms with Crippen LogP contribution in [0.2, 0.25) is 0 Å². The summed E-state index contributed by atoms with van der Waals surface area (Å²) in [7, 11) is 2.77. The zero-order chi connectivity index (χ0) is 22.4. The zero-order valence-corrected chi connectivity index (χ0v) is 17.4. The Bertz CT molecular complexity index is 1030. The number of rotatable bonds is 7. The first kappa shape index (κ1) is 21.7. The fourth-order valence-corrected chi connectivity index (χ4v) is 3.21. The molecule has 0 unspecified atom stereocenters. The number of benzene rings is 2. The molecule has 31 heavy (non-hydrogen) atoms. The number of urea groups is 1. The summed E-state index contributed by atoms with van der Waals surface area (Å²) in [6.45, 7) is 1.33. The minimum Gasteiger partial charge on any atom is -0.495 e. The fraction of sp³-hybridized carbons (Fsp3) is 0.227. The van der Waals surface area contributed by atoms with Crippen molar-refractivity contribution in [3.8, 4) is 11.5 Å². The maximum Gasteiger partial charge on any atom is 0.343 e. The minimum atomic E-state index is -0.808. The van der Waals surface area contributed by atoms with Gasteiger partial charge in [0, 0.05) is 11.3 Å². The van der Waals surface area contributed by atoms with Gasteiger partial charge in [-0.2, -0.15) is 0 Å².